The molecule has 17 heavy (non-hydrogen) atoms. The van der Waals surface area contributed by atoms with Crippen LogP contribution in [0.2, 0.25) is 0 Å². The smallest absolute Gasteiger partial charge is 0.166 e. The first kappa shape index (κ1) is 11.6. The Hall–Kier alpha value is -1.90. The minimum Gasteiger partial charge on any atom is -0.352 e. The van der Waals surface area contributed by atoms with E-state index in [0.29, 0.717) is 12.1 Å². The van der Waals surface area contributed by atoms with Crippen LogP contribution in [-0.4, -0.2) is 17.1 Å². The zero-order valence-corrected chi connectivity index (χ0v) is 9.99. The second kappa shape index (κ2) is 4.53. The number of ketones is 1. The van der Waals surface area contributed by atoms with Gasteiger partial charge in [-0.3, -0.25) is 9.59 Å². The van der Waals surface area contributed by atoms with Crippen molar-refractivity contribution in [3.05, 3.63) is 35.5 Å². The fourth-order valence-electron chi connectivity index (χ4n) is 1.78. The third-order valence-corrected chi connectivity index (χ3v) is 2.86. The normalized spacial score (nSPS) is 11.0. The van der Waals surface area contributed by atoms with Crippen LogP contribution in [0.3, 0.4) is 0 Å². The zero-order chi connectivity index (χ0) is 12.4. The molecule has 0 aliphatic carbocycles. The van der Waals surface area contributed by atoms with E-state index in [1.807, 2.05) is 32.0 Å². The number of aldehydes is 1. The Labute approximate surface area is 99.8 Å². The van der Waals surface area contributed by atoms with Crippen LogP contribution in [0, 0.1) is 5.92 Å². The molecular formula is C14H15NO2. The van der Waals surface area contributed by atoms with Gasteiger partial charge in [-0.05, 0) is 23.8 Å². The molecule has 0 unspecified atom stereocenters. The van der Waals surface area contributed by atoms with Crippen LogP contribution in [0.25, 0.3) is 10.9 Å². The molecule has 88 valence electrons. The standard InChI is InChI=1S/C14H15NO2/c1-9(2)14(17)6-10-3-4-13-11(5-10)7-12(8-16)15-13/h3-5,7-9,15H,6H2,1-2H3. The van der Waals surface area contributed by atoms with Crippen molar-refractivity contribution in [2.45, 2.75) is 20.3 Å². The number of hydrogen-bond donors (Lipinski definition) is 1. The summed E-state index contributed by atoms with van der Waals surface area (Å²) in [5.41, 5.74) is 2.48. The number of aromatic nitrogens is 1. The van der Waals surface area contributed by atoms with Crippen molar-refractivity contribution in [3.63, 3.8) is 0 Å². The highest BCUT2D eigenvalue weighted by Gasteiger charge is 2.09. The summed E-state index contributed by atoms with van der Waals surface area (Å²) in [6, 6.07) is 7.59. The van der Waals surface area contributed by atoms with E-state index in [-0.39, 0.29) is 11.7 Å². The summed E-state index contributed by atoms with van der Waals surface area (Å²) >= 11 is 0. The van der Waals surface area contributed by atoms with Crippen LogP contribution in [0.4, 0.5) is 0 Å². The topological polar surface area (TPSA) is 49.9 Å². The maximum atomic E-state index is 11.6. The van der Waals surface area contributed by atoms with Crippen molar-refractivity contribution in [2.24, 2.45) is 5.92 Å². The molecule has 0 bridgehead atoms. The van der Waals surface area contributed by atoms with Crippen molar-refractivity contribution in [3.8, 4) is 0 Å². The van der Waals surface area contributed by atoms with Crippen LogP contribution in [-0.2, 0) is 11.2 Å². The highest BCUT2D eigenvalue weighted by atomic mass is 16.1. The number of H-pyrrole nitrogens is 1. The monoisotopic (exact) mass is 229 g/mol. The number of carbonyl (C=O) groups is 2. The van der Waals surface area contributed by atoms with E-state index < -0.39 is 0 Å². The SMILES string of the molecule is CC(C)C(=O)Cc1ccc2[nH]c(C=O)cc2c1. The fraction of sp³-hybridized carbons (Fsp3) is 0.286. The fourth-order valence-corrected chi connectivity index (χ4v) is 1.78. The quantitative estimate of drug-likeness (QED) is 0.819. The Kier molecular flexibility index (Phi) is 3.09. The zero-order valence-electron chi connectivity index (χ0n) is 9.99. The van der Waals surface area contributed by atoms with Gasteiger partial charge in [0.25, 0.3) is 0 Å². The van der Waals surface area contributed by atoms with E-state index in [1.54, 1.807) is 6.07 Å². The van der Waals surface area contributed by atoms with Crippen molar-refractivity contribution in [1.82, 2.24) is 4.98 Å². The van der Waals surface area contributed by atoms with Gasteiger partial charge >= 0.3 is 0 Å². The van der Waals surface area contributed by atoms with Gasteiger partial charge in [0.1, 0.15) is 5.78 Å². The molecule has 0 radical (unpaired) electrons. The van der Waals surface area contributed by atoms with Crippen molar-refractivity contribution >= 4 is 23.0 Å². The first-order chi connectivity index (χ1) is 8.10. The Morgan fingerprint density at radius 1 is 1.35 bits per heavy atom. The highest BCUT2D eigenvalue weighted by molar-refractivity contribution is 5.89. The van der Waals surface area contributed by atoms with Crippen LogP contribution in [0.15, 0.2) is 24.3 Å². The molecule has 3 heteroatoms. The number of benzene rings is 1. The number of carbonyl (C=O) groups excluding carboxylic acids is 2. The summed E-state index contributed by atoms with van der Waals surface area (Å²) in [4.78, 5) is 25.3. The molecule has 0 saturated heterocycles. The summed E-state index contributed by atoms with van der Waals surface area (Å²) < 4.78 is 0. The molecule has 3 nitrogen and oxygen atoms in total. The Morgan fingerprint density at radius 2 is 2.12 bits per heavy atom. The lowest BCUT2D eigenvalue weighted by molar-refractivity contribution is -0.121. The molecule has 1 aromatic carbocycles. The van der Waals surface area contributed by atoms with Crippen LogP contribution in [0.1, 0.15) is 29.9 Å². The predicted molar refractivity (Wildman–Crippen MR) is 67.2 cm³/mol. The molecule has 0 saturated carbocycles. The summed E-state index contributed by atoms with van der Waals surface area (Å²) in [5, 5.41) is 0.973. The van der Waals surface area contributed by atoms with Crippen LogP contribution < -0.4 is 0 Å². The second-order valence-electron chi connectivity index (χ2n) is 4.56. The lowest BCUT2D eigenvalue weighted by atomic mass is 10.0. The molecular weight excluding hydrogens is 214 g/mol. The number of aromatic amines is 1. The van der Waals surface area contributed by atoms with Crippen molar-refractivity contribution in [2.75, 3.05) is 0 Å². The van der Waals surface area contributed by atoms with Crippen LogP contribution in [0.5, 0.6) is 0 Å². The summed E-state index contributed by atoms with van der Waals surface area (Å²) in [6.45, 7) is 3.81. The number of rotatable bonds is 4. The maximum absolute atomic E-state index is 11.6. The van der Waals surface area contributed by atoms with Gasteiger partial charge in [-0.15, -0.1) is 0 Å². The number of fused-ring (bicyclic) bond motifs is 1. The molecule has 0 aliphatic heterocycles. The largest absolute Gasteiger partial charge is 0.352 e. The van der Waals surface area contributed by atoms with E-state index in [2.05, 4.69) is 4.98 Å². The lowest BCUT2D eigenvalue weighted by Crippen LogP contribution is -2.09. The molecule has 0 atom stereocenters. The van der Waals surface area contributed by atoms with Gasteiger partial charge in [0.15, 0.2) is 6.29 Å². The summed E-state index contributed by atoms with van der Waals surface area (Å²) in [5.74, 6) is 0.290. The molecule has 2 rings (SSSR count). The van der Waals surface area contributed by atoms with E-state index in [9.17, 15) is 9.59 Å². The number of nitrogens with one attached hydrogen (secondary N) is 1. The second-order valence-corrected chi connectivity index (χ2v) is 4.56. The molecule has 0 fully saturated rings. The minimum absolute atomic E-state index is 0.0578. The molecule has 0 spiro atoms. The van der Waals surface area contributed by atoms with Crippen LogP contribution >= 0.6 is 0 Å². The minimum atomic E-state index is 0.0578. The highest BCUT2D eigenvalue weighted by Crippen LogP contribution is 2.17. The first-order valence-corrected chi connectivity index (χ1v) is 5.69. The number of hydrogen-bond acceptors (Lipinski definition) is 2. The summed E-state index contributed by atoms with van der Waals surface area (Å²) in [7, 11) is 0. The Bertz CT molecular complexity index is 567. The van der Waals surface area contributed by atoms with Gasteiger partial charge in [0.2, 0.25) is 0 Å². The molecule has 2 aromatic rings. The Balaban J connectivity index is 2.31. The predicted octanol–water partition coefficient (Wildman–Crippen LogP) is 2.75. The molecule has 1 heterocycles. The number of Topliss-reactive ketones (excluding diaryl/α,β-unsaturated/α-hetero) is 1. The molecule has 1 aromatic heterocycles. The van der Waals surface area contributed by atoms with Crippen molar-refractivity contribution in [1.29, 1.82) is 0 Å². The first-order valence-electron chi connectivity index (χ1n) is 5.69. The van der Waals surface area contributed by atoms with Gasteiger partial charge in [-0.2, -0.15) is 0 Å². The van der Waals surface area contributed by atoms with Gasteiger partial charge in [0, 0.05) is 23.2 Å². The Morgan fingerprint density at radius 3 is 2.76 bits per heavy atom. The average Bonchev–Trinajstić information content (AvgIpc) is 2.70. The lowest BCUT2D eigenvalue weighted by Gasteiger charge is -2.04. The molecule has 0 aliphatic rings. The maximum Gasteiger partial charge on any atom is 0.166 e. The molecule has 0 amide bonds. The van der Waals surface area contributed by atoms with Gasteiger partial charge in [0.05, 0.1) is 5.69 Å². The average molecular weight is 229 g/mol. The summed E-state index contributed by atoms with van der Waals surface area (Å²) in [6.07, 6.45) is 1.24. The third-order valence-electron chi connectivity index (χ3n) is 2.86. The van der Waals surface area contributed by atoms with E-state index >= 15 is 0 Å². The van der Waals surface area contributed by atoms with Gasteiger partial charge in [-0.1, -0.05) is 19.9 Å². The third kappa shape index (κ3) is 2.44. The van der Waals surface area contributed by atoms with E-state index in [1.165, 1.54) is 0 Å². The van der Waals surface area contributed by atoms with Crippen molar-refractivity contribution < 1.29 is 9.59 Å². The van der Waals surface area contributed by atoms with E-state index in [0.717, 1.165) is 22.8 Å². The van der Waals surface area contributed by atoms with Gasteiger partial charge < -0.3 is 4.98 Å². The molecule has 1 N–H and O–H groups in total. The van der Waals surface area contributed by atoms with E-state index in [4.69, 9.17) is 0 Å². The van der Waals surface area contributed by atoms with Gasteiger partial charge in [-0.25, -0.2) is 0 Å².